The number of sulfonamides is 1. The maximum absolute atomic E-state index is 12.1. The Morgan fingerprint density at radius 3 is 2.38 bits per heavy atom. The van der Waals surface area contributed by atoms with E-state index in [1.807, 2.05) is 6.92 Å². The molecule has 0 unspecified atom stereocenters. The van der Waals surface area contributed by atoms with Crippen molar-refractivity contribution in [2.75, 3.05) is 7.11 Å². The second-order valence-electron chi connectivity index (χ2n) is 4.42. The van der Waals surface area contributed by atoms with Crippen LogP contribution in [0.3, 0.4) is 0 Å². The van der Waals surface area contributed by atoms with Crippen molar-refractivity contribution < 1.29 is 13.2 Å². The highest BCUT2D eigenvalue weighted by Gasteiger charge is 2.11. The average molecular weight is 368 g/mol. The Kier molecular flexibility index (Phi) is 4.80. The van der Waals surface area contributed by atoms with Crippen LogP contribution < -0.4 is 4.74 Å². The lowest BCUT2D eigenvalue weighted by Crippen LogP contribution is -1.98. The summed E-state index contributed by atoms with van der Waals surface area (Å²) in [5, 5.41) is 0. The molecule has 0 aliphatic rings. The van der Waals surface area contributed by atoms with Gasteiger partial charge >= 0.3 is 0 Å². The minimum absolute atomic E-state index is 0.178. The summed E-state index contributed by atoms with van der Waals surface area (Å²) in [7, 11) is -2.12. The maximum atomic E-state index is 12.1. The molecular weight excluding hydrogens is 354 g/mol. The Morgan fingerprint density at radius 1 is 1.14 bits per heavy atom. The maximum Gasteiger partial charge on any atom is 0.282 e. The van der Waals surface area contributed by atoms with Crippen molar-refractivity contribution in [1.82, 2.24) is 0 Å². The van der Waals surface area contributed by atoms with Gasteiger partial charge in [-0.3, -0.25) is 0 Å². The van der Waals surface area contributed by atoms with E-state index < -0.39 is 10.0 Å². The molecule has 0 aliphatic heterocycles. The van der Waals surface area contributed by atoms with E-state index in [4.69, 9.17) is 4.74 Å². The van der Waals surface area contributed by atoms with Gasteiger partial charge in [0.25, 0.3) is 10.0 Å². The normalized spacial score (nSPS) is 11.8. The first-order valence-corrected chi connectivity index (χ1v) is 8.36. The summed E-state index contributed by atoms with van der Waals surface area (Å²) in [6, 6.07) is 11.8. The molecule has 0 bridgehead atoms. The van der Waals surface area contributed by atoms with Gasteiger partial charge in [-0.2, -0.15) is 12.8 Å². The predicted octanol–water partition coefficient (Wildman–Crippen LogP) is 3.57. The zero-order valence-corrected chi connectivity index (χ0v) is 14.0. The lowest BCUT2D eigenvalue weighted by molar-refractivity contribution is 0.412. The molecule has 0 radical (unpaired) electrons. The summed E-state index contributed by atoms with van der Waals surface area (Å²) in [5.74, 6) is 0.675. The van der Waals surface area contributed by atoms with Crippen LogP contribution in [0.1, 0.15) is 11.1 Å². The fourth-order valence-electron chi connectivity index (χ4n) is 1.66. The SMILES string of the molecule is COc1ccc(/C=N\S(=O)(=O)c2ccc(C)cc2)cc1Br. The third kappa shape index (κ3) is 3.92. The van der Waals surface area contributed by atoms with Crippen molar-refractivity contribution in [3.05, 3.63) is 58.1 Å². The van der Waals surface area contributed by atoms with Crippen LogP contribution in [0.4, 0.5) is 0 Å². The van der Waals surface area contributed by atoms with Crippen LogP contribution >= 0.6 is 15.9 Å². The summed E-state index contributed by atoms with van der Waals surface area (Å²) in [4.78, 5) is 0.178. The lowest BCUT2D eigenvalue weighted by Gasteiger charge is -2.03. The van der Waals surface area contributed by atoms with Gasteiger partial charge in [-0.1, -0.05) is 17.7 Å². The van der Waals surface area contributed by atoms with Gasteiger partial charge in [0, 0.05) is 6.21 Å². The quantitative estimate of drug-likeness (QED) is 0.776. The topological polar surface area (TPSA) is 55.7 Å². The van der Waals surface area contributed by atoms with Gasteiger partial charge in [-0.15, -0.1) is 0 Å². The monoisotopic (exact) mass is 367 g/mol. The number of rotatable bonds is 4. The van der Waals surface area contributed by atoms with Crippen LogP contribution in [0.25, 0.3) is 0 Å². The molecule has 110 valence electrons. The number of halogens is 1. The van der Waals surface area contributed by atoms with Crippen molar-refractivity contribution in [3.63, 3.8) is 0 Å². The molecule has 0 saturated carbocycles. The molecule has 6 heteroatoms. The third-order valence-electron chi connectivity index (χ3n) is 2.84. The molecule has 0 heterocycles. The Hall–Kier alpha value is -1.66. The van der Waals surface area contributed by atoms with Crippen LogP contribution in [0.5, 0.6) is 5.75 Å². The van der Waals surface area contributed by atoms with Gasteiger partial charge in [-0.05, 0) is 58.7 Å². The van der Waals surface area contributed by atoms with Crippen molar-refractivity contribution in [1.29, 1.82) is 0 Å². The summed E-state index contributed by atoms with van der Waals surface area (Å²) in [6.45, 7) is 1.90. The summed E-state index contributed by atoms with van der Waals surface area (Å²) in [6.07, 6.45) is 1.32. The molecule has 2 rings (SSSR count). The molecule has 0 amide bonds. The largest absolute Gasteiger partial charge is 0.496 e. The van der Waals surface area contributed by atoms with Crippen molar-refractivity contribution in [2.45, 2.75) is 11.8 Å². The molecule has 0 aromatic heterocycles. The summed E-state index contributed by atoms with van der Waals surface area (Å²) >= 11 is 3.34. The van der Waals surface area contributed by atoms with E-state index in [1.165, 1.54) is 6.21 Å². The van der Waals surface area contributed by atoms with Crippen LogP contribution in [-0.4, -0.2) is 21.7 Å². The van der Waals surface area contributed by atoms with E-state index in [1.54, 1.807) is 49.6 Å². The molecule has 0 aliphatic carbocycles. The minimum atomic E-state index is -3.68. The Labute approximate surface area is 132 Å². The Bertz CT molecular complexity index is 768. The number of methoxy groups -OCH3 is 1. The Morgan fingerprint density at radius 2 is 1.81 bits per heavy atom. The molecular formula is C15H14BrNO3S. The second-order valence-corrected chi connectivity index (χ2v) is 6.90. The first-order valence-electron chi connectivity index (χ1n) is 6.13. The number of hydrogen-bond acceptors (Lipinski definition) is 3. The van der Waals surface area contributed by atoms with Gasteiger partial charge in [0.2, 0.25) is 0 Å². The van der Waals surface area contributed by atoms with Crippen LogP contribution in [0.15, 0.2) is 56.2 Å². The van der Waals surface area contributed by atoms with Gasteiger partial charge in [0.15, 0.2) is 0 Å². The first-order chi connectivity index (χ1) is 9.92. The highest BCUT2D eigenvalue weighted by atomic mass is 79.9. The van der Waals surface area contributed by atoms with Gasteiger partial charge < -0.3 is 4.74 Å². The molecule has 4 nitrogen and oxygen atoms in total. The molecule has 0 fully saturated rings. The fraction of sp³-hybridized carbons (Fsp3) is 0.133. The highest BCUT2D eigenvalue weighted by molar-refractivity contribution is 9.10. The van der Waals surface area contributed by atoms with Crippen molar-refractivity contribution >= 4 is 32.2 Å². The van der Waals surface area contributed by atoms with E-state index in [0.29, 0.717) is 11.3 Å². The standard InChI is InChI=1S/C15H14BrNO3S/c1-11-3-6-13(7-4-11)21(18,19)17-10-12-5-8-15(20-2)14(16)9-12/h3-10H,1-2H3/b17-10-. The van der Waals surface area contributed by atoms with Crippen molar-refractivity contribution in [2.24, 2.45) is 4.40 Å². The van der Waals surface area contributed by atoms with Gasteiger partial charge in [-0.25, -0.2) is 0 Å². The predicted molar refractivity (Wildman–Crippen MR) is 86.7 cm³/mol. The first kappa shape index (κ1) is 15.7. The fourth-order valence-corrected chi connectivity index (χ4v) is 3.08. The van der Waals surface area contributed by atoms with E-state index in [-0.39, 0.29) is 4.90 Å². The Balaban J connectivity index is 2.27. The van der Waals surface area contributed by atoms with E-state index in [0.717, 1.165) is 10.0 Å². The second kappa shape index (κ2) is 6.41. The highest BCUT2D eigenvalue weighted by Crippen LogP contribution is 2.25. The number of hydrogen-bond donors (Lipinski definition) is 0. The number of aryl methyl sites for hydroxylation is 1. The smallest absolute Gasteiger partial charge is 0.282 e. The van der Waals surface area contributed by atoms with E-state index >= 15 is 0 Å². The minimum Gasteiger partial charge on any atom is -0.496 e. The lowest BCUT2D eigenvalue weighted by atomic mass is 10.2. The average Bonchev–Trinajstić information content (AvgIpc) is 2.46. The summed E-state index contributed by atoms with van der Waals surface area (Å²) in [5.41, 5.74) is 1.66. The van der Waals surface area contributed by atoms with Crippen LogP contribution in [0.2, 0.25) is 0 Å². The van der Waals surface area contributed by atoms with E-state index in [9.17, 15) is 8.42 Å². The third-order valence-corrected chi connectivity index (χ3v) is 4.71. The molecule has 0 saturated heterocycles. The molecule has 0 spiro atoms. The van der Waals surface area contributed by atoms with Crippen molar-refractivity contribution in [3.8, 4) is 5.75 Å². The molecule has 0 atom stereocenters. The van der Waals surface area contributed by atoms with Crippen LogP contribution in [-0.2, 0) is 10.0 Å². The zero-order valence-electron chi connectivity index (χ0n) is 11.6. The molecule has 2 aromatic rings. The number of benzene rings is 2. The molecule has 0 N–H and O–H groups in total. The van der Waals surface area contributed by atoms with E-state index in [2.05, 4.69) is 20.3 Å². The number of nitrogens with zero attached hydrogens (tertiary/aromatic N) is 1. The zero-order chi connectivity index (χ0) is 15.5. The van der Waals surface area contributed by atoms with Crippen LogP contribution in [0, 0.1) is 6.92 Å². The molecule has 2 aromatic carbocycles. The molecule has 21 heavy (non-hydrogen) atoms. The van der Waals surface area contributed by atoms with Gasteiger partial charge in [0.05, 0.1) is 16.5 Å². The van der Waals surface area contributed by atoms with Gasteiger partial charge in [0.1, 0.15) is 5.75 Å². The number of ether oxygens (including phenoxy) is 1. The summed E-state index contributed by atoms with van der Waals surface area (Å²) < 4.78 is 33.7.